The van der Waals surface area contributed by atoms with Gasteiger partial charge in [-0.2, -0.15) is 0 Å². The summed E-state index contributed by atoms with van der Waals surface area (Å²) in [6.45, 7) is 0. The van der Waals surface area contributed by atoms with Gasteiger partial charge in [0.25, 0.3) is 0 Å². The molecule has 7 heteroatoms. The third-order valence-electron chi connectivity index (χ3n) is 18.6. The predicted molar refractivity (Wildman–Crippen MR) is 403 cm³/mol. The lowest BCUT2D eigenvalue weighted by atomic mass is 10.00. The average molecular weight is 1260 g/mol. The molecule has 0 amide bonds. The molecule has 19 rings (SSSR count). The molecule has 1 aromatic heterocycles. The molecule has 0 spiro atoms. The van der Waals surface area contributed by atoms with Gasteiger partial charge in [-0.15, -0.1) is 0 Å². The molecule has 0 unspecified atom stereocenters. The summed E-state index contributed by atoms with van der Waals surface area (Å²) in [6.07, 6.45) is 0. The zero-order valence-corrected chi connectivity index (χ0v) is 53.5. The van der Waals surface area contributed by atoms with Crippen LogP contribution in [0.3, 0.4) is 0 Å². The monoisotopic (exact) mass is 1260 g/mol. The van der Waals surface area contributed by atoms with Gasteiger partial charge in [0.15, 0.2) is 23.0 Å². The van der Waals surface area contributed by atoms with Crippen LogP contribution in [0.1, 0.15) is 0 Å². The smallest absolute Gasteiger partial charge is 0.152 e. The van der Waals surface area contributed by atoms with Crippen molar-refractivity contribution in [2.24, 2.45) is 0 Å². The van der Waals surface area contributed by atoms with Crippen LogP contribution in [0, 0.1) is 0 Å². The lowest BCUT2D eigenvalue weighted by Gasteiger charge is -2.34. The minimum atomic E-state index is 0.797. The van der Waals surface area contributed by atoms with Crippen LogP contribution in [0.25, 0.3) is 83.1 Å². The number of para-hydroxylation sites is 7. The van der Waals surface area contributed by atoms with E-state index in [4.69, 9.17) is 9.47 Å². The summed E-state index contributed by atoms with van der Waals surface area (Å²) >= 11 is 1.85. The molecule has 15 aromatic carbocycles. The fourth-order valence-electron chi connectivity index (χ4n) is 14.0. The van der Waals surface area contributed by atoms with Gasteiger partial charge in [0.1, 0.15) is 0 Å². The van der Waals surface area contributed by atoms with E-state index in [9.17, 15) is 0 Å². The first-order valence-corrected chi connectivity index (χ1v) is 33.6. The first-order valence-electron chi connectivity index (χ1n) is 32.8. The third kappa shape index (κ3) is 10.5. The number of aromatic nitrogens is 1. The molecule has 458 valence electrons. The normalized spacial score (nSPS) is 12.4. The van der Waals surface area contributed by atoms with Gasteiger partial charge in [-0.25, -0.2) is 0 Å². The molecule has 0 saturated carbocycles. The van der Waals surface area contributed by atoms with E-state index in [0.717, 1.165) is 73.8 Å². The van der Waals surface area contributed by atoms with Gasteiger partial charge in [0, 0.05) is 43.3 Å². The highest BCUT2D eigenvalue weighted by molar-refractivity contribution is 7.99. The van der Waals surface area contributed by atoms with Crippen LogP contribution < -0.4 is 24.2 Å². The molecule has 0 fully saturated rings. The molecule has 16 aromatic rings. The largest absolute Gasteiger partial charge is 0.453 e. The van der Waals surface area contributed by atoms with Crippen molar-refractivity contribution in [1.82, 2.24) is 4.57 Å². The fraction of sp³-hybridized carbons (Fsp3) is 0. The van der Waals surface area contributed by atoms with Crippen molar-refractivity contribution in [1.29, 1.82) is 0 Å². The maximum atomic E-state index is 6.60. The third-order valence-corrected chi connectivity index (χ3v) is 19.7. The maximum absolute atomic E-state index is 6.60. The Kier molecular flexibility index (Phi) is 14.4. The molecule has 3 aliphatic heterocycles. The van der Waals surface area contributed by atoms with Crippen LogP contribution in [0.4, 0.5) is 51.2 Å². The quantitative estimate of drug-likeness (QED) is 0.143. The molecule has 0 bridgehead atoms. The van der Waals surface area contributed by atoms with Crippen molar-refractivity contribution in [3.8, 4) is 84.3 Å². The number of anilines is 9. The van der Waals surface area contributed by atoms with Gasteiger partial charge in [-0.05, 0) is 195 Å². The average Bonchev–Trinajstić information content (AvgIpc) is 1.58. The highest BCUT2D eigenvalue weighted by atomic mass is 32.2. The Morgan fingerprint density at radius 3 is 1.20 bits per heavy atom. The second-order valence-corrected chi connectivity index (χ2v) is 25.5. The van der Waals surface area contributed by atoms with E-state index in [-0.39, 0.29) is 0 Å². The molecule has 6 nitrogen and oxygen atoms in total. The van der Waals surface area contributed by atoms with Gasteiger partial charge in [0.05, 0.1) is 45.2 Å². The van der Waals surface area contributed by atoms with Crippen molar-refractivity contribution in [2.45, 2.75) is 9.79 Å². The Balaban J connectivity index is 0.000000142. The van der Waals surface area contributed by atoms with E-state index in [0.29, 0.717) is 0 Å². The van der Waals surface area contributed by atoms with Crippen LogP contribution in [0.5, 0.6) is 23.0 Å². The SMILES string of the molecule is c1ccc(-c2ccc(N3c4ccccc4Oc4cc(-c5ccc6c(c5)Oc5ccccc5N6c5cccc(-c6ccccc6)c5)ccc43)cc2)cc1.c1ccc(-c2cccc(-n3c4ccccc4c4cc(-c5ccc6c(c5)Sc5ccccc5N6c5ccccc5)ccc43)c2)cc1. The minimum absolute atomic E-state index is 0.797. The summed E-state index contributed by atoms with van der Waals surface area (Å²) in [4.78, 5) is 9.47. The van der Waals surface area contributed by atoms with Gasteiger partial charge >= 0.3 is 0 Å². The lowest BCUT2D eigenvalue weighted by Crippen LogP contribution is -2.16. The van der Waals surface area contributed by atoms with Crippen molar-refractivity contribution >= 4 is 84.8 Å². The number of hydrogen-bond donors (Lipinski definition) is 0. The number of ether oxygens (including phenoxy) is 2. The van der Waals surface area contributed by atoms with Gasteiger partial charge in [-0.3, -0.25) is 0 Å². The molecular formula is C90H60N4O2S. The number of benzene rings is 15. The molecule has 0 N–H and O–H groups in total. The second kappa shape index (κ2) is 24.4. The fourth-order valence-corrected chi connectivity index (χ4v) is 15.1. The zero-order chi connectivity index (χ0) is 64.2. The van der Waals surface area contributed by atoms with Crippen molar-refractivity contribution in [3.63, 3.8) is 0 Å². The number of nitrogens with zero attached hydrogens (tertiary/aromatic N) is 4. The number of rotatable bonds is 9. The molecule has 3 aliphatic rings. The van der Waals surface area contributed by atoms with E-state index >= 15 is 0 Å². The topological polar surface area (TPSA) is 33.1 Å². The maximum Gasteiger partial charge on any atom is 0.152 e. The molecule has 0 aliphatic carbocycles. The van der Waals surface area contributed by atoms with E-state index in [1.807, 2.05) is 48.2 Å². The summed E-state index contributed by atoms with van der Waals surface area (Å²) in [5.74, 6) is 3.23. The Bertz CT molecular complexity index is 5640. The number of hydrogen-bond acceptors (Lipinski definition) is 6. The Labute approximate surface area is 568 Å². The molecular weight excluding hydrogens is 1200 g/mol. The van der Waals surface area contributed by atoms with E-state index in [1.54, 1.807) is 0 Å². The standard InChI is InChI=1S/C48H32N2O2.C42H28N2S/c1-3-12-33(13-4-1)35-22-26-39(27-23-35)49-41-18-7-9-20-45(41)51-47-31-37(24-28-43(47)49)38-25-29-44-48(32-38)52-46-21-10-8-19-42(46)50(44)40-17-11-16-36(30-40)34-14-5-2-6-15-34;1-3-12-29(13-4-1)30-14-11-17-34(26-30)44-37-19-8-7-18-35(37)36-27-31(22-24-38(36)44)32-23-25-40-42(28-32)45-41-21-10-9-20-39(41)43(40)33-15-5-2-6-16-33/h1-32H;1-28H. The molecule has 0 atom stereocenters. The second-order valence-electron chi connectivity index (χ2n) is 24.4. The Hall–Kier alpha value is -12.6. The number of fused-ring (bicyclic) bond motifs is 9. The first kappa shape index (κ1) is 57.1. The highest BCUT2D eigenvalue weighted by Gasteiger charge is 2.30. The van der Waals surface area contributed by atoms with Crippen LogP contribution in [0.2, 0.25) is 0 Å². The lowest BCUT2D eigenvalue weighted by molar-refractivity contribution is 0.476. The minimum Gasteiger partial charge on any atom is -0.453 e. The molecule has 4 heterocycles. The Morgan fingerprint density at radius 1 is 0.196 bits per heavy atom. The van der Waals surface area contributed by atoms with Crippen LogP contribution >= 0.6 is 11.8 Å². The van der Waals surface area contributed by atoms with Crippen molar-refractivity contribution in [2.75, 3.05) is 14.7 Å². The van der Waals surface area contributed by atoms with Gasteiger partial charge < -0.3 is 28.7 Å². The van der Waals surface area contributed by atoms with Crippen LogP contribution in [0.15, 0.2) is 374 Å². The summed E-state index contributed by atoms with van der Waals surface area (Å²) < 4.78 is 15.6. The van der Waals surface area contributed by atoms with Crippen molar-refractivity contribution in [3.05, 3.63) is 364 Å². The first-order chi connectivity index (χ1) is 48.1. The molecule has 0 saturated heterocycles. The molecule has 97 heavy (non-hydrogen) atoms. The van der Waals surface area contributed by atoms with Crippen LogP contribution in [-0.2, 0) is 0 Å². The van der Waals surface area contributed by atoms with E-state index in [2.05, 4.69) is 347 Å². The summed E-state index contributed by atoms with van der Waals surface area (Å²) in [5, 5.41) is 2.52. The summed E-state index contributed by atoms with van der Waals surface area (Å²) in [7, 11) is 0. The van der Waals surface area contributed by atoms with E-state index < -0.39 is 0 Å². The van der Waals surface area contributed by atoms with Gasteiger partial charge in [-0.1, -0.05) is 236 Å². The van der Waals surface area contributed by atoms with Crippen LogP contribution in [-0.4, -0.2) is 4.57 Å². The van der Waals surface area contributed by atoms with Gasteiger partial charge in [0.2, 0.25) is 0 Å². The zero-order valence-electron chi connectivity index (χ0n) is 52.7. The highest BCUT2D eigenvalue weighted by Crippen LogP contribution is 2.56. The summed E-state index contributed by atoms with van der Waals surface area (Å²) in [6, 6.07) is 129. The predicted octanol–water partition coefficient (Wildman–Crippen LogP) is 25.9. The summed E-state index contributed by atoms with van der Waals surface area (Å²) in [5.41, 5.74) is 25.0. The Morgan fingerprint density at radius 2 is 0.567 bits per heavy atom. The molecule has 0 radical (unpaired) electrons. The van der Waals surface area contributed by atoms with E-state index in [1.165, 1.54) is 93.3 Å². The van der Waals surface area contributed by atoms with Crippen molar-refractivity contribution < 1.29 is 9.47 Å².